The van der Waals surface area contributed by atoms with Gasteiger partial charge in [-0.2, -0.15) is 5.10 Å². The van der Waals surface area contributed by atoms with E-state index >= 15 is 0 Å². The van der Waals surface area contributed by atoms with Crippen LogP contribution in [0.25, 0.3) is 0 Å². The summed E-state index contributed by atoms with van der Waals surface area (Å²) in [5, 5.41) is 11.0. The summed E-state index contributed by atoms with van der Waals surface area (Å²) in [6.45, 7) is 15.1. The molecule has 1 aromatic heterocycles. The summed E-state index contributed by atoms with van der Waals surface area (Å²) in [6.07, 6.45) is 0.510. The van der Waals surface area contributed by atoms with Crippen LogP contribution < -0.4 is 5.32 Å². The Balaban J connectivity index is 2.39. The molecule has 2 heterocycles. The molecule has 0 fully saturated rings. The zero-order valence-corrected chi connectivity index (χ0v) is 16.4. The highest BCUT2D eigenvalue weighted by Crippen LogP contribution is 2.42. The molecule has 0 radical (unpaired) electrons. The Morgan fingerprint density at radius 1 is 1.16 bits per heavy atom. The number of aromatic amines is 1. The van der Waals surface area contributed by atoms with Crippen LogP contribution in [0.15, 0.2) is 0 Å². The highest BCUT2D eigenvalue weighted by Gasteiger charge is 2.42. The van der Waals surface area contributed by atoms with Crippen molar-refractivity contribution in [2.75, 3.05) is 6.61 Å². The van der Waals surface area contributed by atoms with Crippen LogP contribution in [-0.2, 0) is 16.0 Å². The molecule has 2 unspecified atom stereocenters. The summed E-state index contributed by atoms with van der Waals surface area (Å²) in [7, 11) is 0. The smallest absolute Gasteiger partial charge is 0.313 e. The molecule has 0 amide bonds. The van der Waals surface area contributed by atoms with Crippen LogP contribution in [-0.4, -0.2) is 34.6 Å². The van der Waals surface area contributed by atoms with E-state index in [1.807, 2.05) is 0 Å². The molecule has 0 spiro atoms. The number of hydrogen-bond donors (Lipinski definition) is 2. The van der Waals surface area contributed by atoms with E-state index in [9.17, 15) is 9.59 Å². The Hall–Kier alpha value is -1.69. The van der Waals surface area contributed by atoms with Gasteiger partial charge in [-0.1, -0.05) is 41.5 Å². The number of esters is 1. The summed E-state index contributed by atoms with van der Waals surface area (Å²) < 4.78 is 4.90. The van der Waals surface area contributed by atoms with Gasteiger partial charge in [0.05, 0.1) is 6.61 Å². The lowest BCUT2D eigenvalue weighted by Gasteiger charge is -2.43. The van der Waals surface area contributed by atoms with Crippen molar-refractivity contribution in [2.24, 2.45) is 10.8 Å². The van der Waals surface area contributed by atoms with Gasteiger partial charge in [0.15, 0.2) is 5.78 Å². The molecule has 0 bridgehead atoms. The van der Waals surface area contributed by atoms with Gasteiger partial charge >= 0.3 is 5.97 Å². The number of Topliss-reactive ketones (excluding diaryl/α,β-unsaturated/α-hetero) is 1. The third-order valence-electron chi connectivity index (χ3n) is 4.73. The number of fused-ring (bicyclic) bond motifs is 1. The lowest BCUT2D eigenvalue weighted by Crippen LogP contribution is -2.50. The van der Waals surface area contributed by atoms with E-state index in [1.165, 1.54) is 0 Å². The number of nitrogens with zero attached hydrogens (tertiary/aromatic N) is 1. The average Bonchev–Trinajstić information content (AvgIpc) is 2.88. The number of nitrogens with one attached hydrogen (secondary N) is 2. The van der Waals surface area contributed by atoms with Crippen molar-refractivity contribution in [1.82, 2.24) is 15.5 Å². The minimum atomic E-state index is -0.507. The normalized spacial score (nSPS) is 20.9. The first-order valence-corrected chi connectivity index (χ1v) is 8.97. The fourth-order valence-corrected chi connectivity index (χ4v) is 3.28. The monoisotopic (exact) mass is 349 g/mol. The van der Waals surface area contributed by atoms with Gasteiger partial charge in [0.2, 0.25) is 0 Å². The SMILES string of the molecule is CCOC(=O)CC(=O)c1n[nH]c2c1C(C(C)(C)C)NC(C(C)(C)C)C2. The fraction of sp³-hybridized carbons (Fsp3) is 0.737. The van der Waals surface area contributed by atoms with Crippen molar-refractivity contribution in [3.05, 3.63) is 17.0 Å². The van der Waals surface area contributed by atoms with Crippen molar-refractivity contribution in [2.45, 2.75) is 73.4 Å². The molecule has 0 saturated carbocycles. The van der Waals surface area contributed by atoms with Gasteiger partial charge in [-0.05, 0) is 17.8 Å². The van der Waals surface area contributed by atoms with Gasteiger partial charge in [-0.15, -0.1) is 0 Å². The number of carbonyl (C=O) groups is 2. The van der Waals surface area contributed by atoms with E-state index < -0.39 is 5.97 Å². The Kier molecular flexibility index (Phi) is 5.42. The van der Waals surface area contributed by atoms with E-state index in [0.717, 1.165) is 17.7 Å². The van der Waals surface area contributed by atoms with E-state index in [0.29, 0.717) is 5.69 Å². The molecule has 140 valence electrons. The molecule has 1 aromatic rings. The van der Waals surface area contributed by atoms with Crippen molar-refractivity contribution < 1.29 is 14.3 Å². The van der Waals surface area contributed by atoms with Crippen molar-refractivity contribution >= 4 is 11.8 Å². The summed E-state index contributed by atoms with van der Waals surface area (Å²) in [5.41, 5.74) is 2.25. The first-order chi connectivity index (χ1) is 11.4. The molecule has 1 aliphatic heterocycles. The molecule has 6 nitrogen and oxygen atoms in total. The van der Waals surface area contributed by atoms with E-state index in [1.54, 1.807) is 6.92 Å². The number of carbonyl (C=O) groups excluding carboxylic acids is 2. The molecule has 25 heavy (non-hydrogen) atoms. The second kappa shape index (κ2) is 6.90. The van der Waals surface area contributed by atoms with Gasteiger partial charge in [-0.25, -0.2) is 0 Å². The predicted octanol–water partition coefficient (Wildman–Crippen LogP) is 3.19. The van der Waals surface area contributed by atoms with Crippen LogP contribution >= 0.6 is 0 Å². The summed E-state index contributed by atoms with van der Waals surface area (Å²) in [6, 6.07) is 0.262. The lowest BCUT2D eigenvalue weighted by atomic mass is 9.73. The van der Waals surface area contributed by atoms with Gasteiger partial charge in [0.25, 0.3) is 0 Å². The molecular weight excluding hydrogens is 318 g/mol. The summed E-state index contributed by atoms with van der Waals surface area (Å²) in [4.78, 5) is 24.3. The topological polar surface area (TPSA) is 84.1 Å². The Morgan fingerprint density at radius 3 is 2.32 bits per heavy atom. The first-order valence-electron chi connectivity index (χ1n) is 8.97. The molecule has 6 heteroatoms. The second-order valence-corrected chi connectivity index (χ2v) is 8.96. The van der Waals surface area contributed by atoms with Crippen LogP contribution in [0.2, 0.25) is 0 Å². The molecule has 0 saturated heterocycles. The Morgan fingerprint density at radius 2 is 1.80 bits per heavy atom. The van der Waals surface area contributed by atoms with Crippen LogP contribution in [0.4, 0.5) is 0 Å². The third kappa shape index (κ3) is 4.29. The van der Waals surface area contributed by atoms with Crippen LogP contribution in [0, 0.1) is 10.8 Å². The summed E-state index contributed by atoms with van der Waals surface area (Å²) >= 11 is 0. The van der Waals surface area contributed by atoms with Gasteiger partial charge in [0, 0.05) is 29.8 Å². The highest BCUT2D eigenvalue weighted by molar-refractivity contribution is 6.05. The first kappa shape index (κ1) is 19.6. The summed E-state index contributed by atoms with van der Waals surface area (Å²) in [5.74, 6) is -0.797. The standard InChI is InChI=1S/C19H31N3O3/c1-8-25-14(24)10-12(23)16-15-11(21-22-16)9-13(18(2,3)4)20-17(15)19(5,6)7/h13,17,20H,8-10H2,1-7H3,(H,21,22). The zero-order valence-electron chi connectivity index (χ0n) is 16.4. The largest absolute Gasteiger partial charge is 0.466 e. The molecule has 0 aromatic carbocycles. The second-order valence-electron chi connectivity index (χ2n) is 8.96. The number of hydrogen-bond acceptors (Lipinski definition) is 5. The number of H-pyrrole nitrogens is 1. The number of aromatic nitrogens is 2. The highest BCUT2D eigenvalue weighted by atomic mass is 16.5. The minimum absolute atomic E-state index is 0.0135. The maximum absolute atomic E-state index is 12.6. The van der Waals surface area contributed by atoms with Crippen LogP contribution in [0.5, 0.6) is 0 Å². The van der Waals surface area contributed by atoms with Crippen molar-refractivity contribution in [3.8, 4) is 0 Å². The minimum Gasteiger partial charge on any atom is -0.466 e. The maximum atomic E-state index is 12.6. The average molecular weight is 349 g/mol. The van der Waals surface area contributed by atoms with Crippen LogP contribution in [0.3, 0.4) is 0 Å². The van der Waals surface area contributed by atoms with E-state index in [-0.39, 0.29) is 41.7 Å². The molecule has 2 N–H and O–H groups in total. The van der Waals surface area contributed by atoms with Gasteiger partial charge in [-0.3, -0.25) is 14.7 Å². The van der Waals surface area contributed by atoms with Gasteiger partial charge < -0.3 is 10.1 Å². The quantitative estimate of drug-likeness (QED) is 0.495. The third-order valence-corrected chi connectivity index (χ3v) is 4.73. The number of ether oxygens (including phenoxy) is 1. The molecule has 1 aliphatic rings. The van der Waals surface area contributed by atoms with Crippen LogP contribution in [0.1, 0.15) is 82.7 Å². The van der Waals surface area contributed by atoms with E-state index in [2.05, 4.69) is 57.1 Å². The Labute approximate surface area is 150 Å². The number of rotatable bonds is 4. The molecule has 2 atom stereocenters. The Bertz CT molecular complexity index is 650. The van der Waals surface area contributed by atoms with Crippen molar-refractivity contribution in [3.63, 3.8) is 0 Å². The zero-order chi connectivity index (χ0) is 19.0. The molecule has 2 rings (SSSR count). The molecular formula is C19H31N3O3. The maximum Gasteiger partial charge on any atom is 0.313 e. The molecule has 0 aliphatic carbocycles. The van der Waals surface area contributed by atoms with Crippen molar-refractivity contribution in [1.29, 1.82) is 0 Å². The predicted molar refractivity (Wildman–Crippen MR) is 96.4 cm³/mol. The number of ketones is 1. The van der Waals surface area contributed by atoms with E-state index in [4.69, 9.17) is 4.74 Å². The fourth-order valence-electron chi connectivity index (χ4n) is 3.28. The van der Waals surface area contributed by atoms with Gasteiger partial charge in [0.1, 0.15) is 12.1 Å². The lowest BCUT2D eigenvalue weighted by molar-refractivity contribution is -0.141.